The van der Waals surface area contributed by atoms with Crippen LogP contribution >= 0.6 is 0 Å². The molecule has 5 nitrogen and oxygen atoms in total. The Bertz CT molecular complexity index is 558. The summed E-state index contributed by atoms with van der Waals surface area (Å²) in [5, 5.41) is 12.9. The average molecular weight is 245 g/mol. The molecule has 0 unspecified atom stereocenters. The van der Waals surface area contributed by atoms with Crippen LogP contribution in [-0.2, 0) is 12.8 Å². The van der Waals surface area contributed by atoms with E-state index in [0.717, 1.165) is 12.1 Å². The fourth-order valence-corrected chi connectivity index (χ4v) is 1.74. The van der Waals surface area contributed by atoms with Crippen LogP contribution in [0.25, 0.3) is 5.69 Å². The van der Waals surface area contributed by atoms with Crippen molar-refractivity contribution in [1.82, 2.24) is 14.8 Å². The fourth-order valence-electron chi connectivity index (χ4n) is 1.74. The van der Waals surface area contributed by atoms with E-state index in [0.29, 0.717) is 12.2 Å². The third-order valence-electron chi connectivity index (χ3n) is 2.77. The summed E-state index contributed by atoms with van der Waals surface area (Å²) in [6, 6.07) is 7.88. The van der Waals surface area contributed by atoms with Crippen LogP contribution in [0.15, 0.2) is 24.3 Å². The first-order valence-corrected chi connectivity index (χ1v) is 5.94. The van der Waals surface area contributed by atoms with E-state index in [1.54, 1.807) is 4.68 Å². The maximum atomic E-state index is 10.9. The number of aromatic carboxylic acids is 1. The topological polar surface area (TPSA) is 68.0 Å². The molecule has 1 heterocycles. The highest BCUT2D eigenvalue weighted by Gasteiger charge is 2.14. The van der Waals surface area contributed by atoms with Gasteiger partial charge >= 0.3 is 5.97 Å². The Morgan fingerprint density at radius 1 is 1.22 bits per heavy atom. The Balaban J connectivity index is 2.44. The van der Waals surface area contributed by atoms with E-state index in [2.05, 4.69) is 17.0 Å². The van der Waals surface area contributed by atoms with E-state index in [-0.39, 0.29) is 5.82 Å². The summed E-state index contributed by atoms with van der Waals surface area (Å²) >= 11 is 0. The third kappa shape index (κ3) is 2.25. The lowest BCUT2D eigenvalue weighted by Gasteiger charge is -2.04. The summed E-state index contributed by atoms with van der Waals surface area (Å²) in [5.41, 5.74) is 2.07. The molecule has 0 aliphatic carbocycles. The van der Waals surface area contributed by atoms with Gasteiger partial charge in [-0.2, -0.15) is 0 Å². The highest BCUT2D eigenvalue weighted by Crippen LogP contribution is 2.12. The second kappa shape index (κ2) is 5.00. The number of carbonyl (C=O) groups is 1. The molecule has 0 aliphatic heterocycles. The minimum Gasteiger partial charge on any atom is -0.475 e. The van der Waals surface area contributed by atoms with Gasteiger partial charge in [-0.15, -0.1) is 5.10 Å². The Morgan fingerprint density at radius 3 is 2.39 bits per heavy atom. The second-order valence-corrected chi connectivity index (χ2v) is 3.94. The number of carboxylic acids is 1. The number of aromatic nitrogens is 3. The highest BCUT2D eigenvalue weighted by atomic mass is 16.4. The minimum absolute atomic E-state index is 0.161. The zero-order chi connectivity index (χ0) is 13.1. The van der Waals surface area contributed by atoms with Crippen molar-refractivity contribution in [2.75, 3.05) is 0 Å². The van der Waals surface area contributed by atoms with Gasteiger partial charge in [-0.05, 0) is 24.1 Å². The van der Waals surface area contributed by atoms with Gasteiger partial charge < -0.3 is 5.11 Å². The molecule has 0 saturated heterocycles. The Kier molecular flexibility index (Phi) is 3.41. The van der Waals surface area contributed by atoms with Crippen LogP contribution in [-0.4, -0.2) is 25.8 Å². The van der Waals surface area contributed by atoms with E-state index in [9.17, 15) is 4.79 Å². The normalized spacial score (nSPS) is 10.6. The first-order chi connectivity index (χ1) is 8.65. The second-order valence-electron chi connectivity index (χ2n) is 3.94. The number of hydrogen-bond donors (Lipinski definition) is 1. The molecular formula is C13H15N3O2. The van der Waals surface area contributed by atoms with Gasteiger partial charge in [0.05, 0.1) is 5.69 Å². The van der Waals surface area contributed by atoms with Crippen LogP contribution in [0.2, 0.25) is 0 Å². The van der Waals surface area contributed by atoms with E-state index in [1.165, 1.54) is 5.56 Å². The molecule has 1 N–H and O–H groups in total. The van der Waals surface area contributed by atoms with Gasteiger partial charge in [0.1, 0.15) is 5.82 Å². The first-order valence-electron chi connectivity index (χ1n) is 5.94. The SMILES string of the molecule is CCc1ccc(-n2nc(C(=O)O)nc2CC)cc1. The van der Waals surface area contributed by atoms with Gasteiger partial charge in [-0.3, -0.25) is 0 Å². The van der Waals surface area contributed by atoms with E-state index in [1.807, 2.05) is 31.2 Å². The van der Waals surface area contributed by atoms with E-state index < -0.39 is 5.97 Å². The summed E-state index contributed by atoms with van der Waals surface area (Å²) < 4.78 is 1.59. The van der Waals surface area contributed by atoms with E-state index >= 15 is 0 Å². The van der Waals surface area contributed by atoms with Crippen molar-refractivity contribution < 1.29 is 9.90 Å². The predicted octanol–water partition coefficient (Wildman–Crippen LogP) is 2.09. The zero-order valence-electron chi connectivity index (χ0n) is 10.4. The van der Waals surface area contributed by atoms with Crippen LogP contribution < -0.4 is 0 Å². The van der Waals surface area contributed by atoms with Gasteiger partial charge in [-0.25, -0.2) is 14.5 Å². The molecule has 1 aromatic heterocycles. The average Bonchev–Trinajstić information content (AvgIpc) is 2.83. The quantitative estimate of drug-likeness (QED) is 0.895. The molecule has 0 bridgehead atoms. The molecule has 94 valence electrons. The van der Waals surface area contributed by atoms with Gasteiger partial charge in [-0.1, -0.05) is 26.0 Å². The smallest absolute Gasteiger partial charge is 0.375 e. The monoisotopic (exact) mass is 245 g/mol. The largest absolute Gasteiger partial charge is 0.475 e. The van der Waals surface area contributed by atoms with Gasteiger partial charge in [0.25, 0.3) is 5.82 Å². The number of aryl methyl sites for hydroxylation is 2. The summed E-state index contributed by atoms with van der Waals surface area (Å²) in [6.45, 7) is 4.01. The Morgan fingerprint density at radius 2 is 1.89 bits per heavy atom. The summed E-state index contributed by atoms with van der Waals surface area (Å²) in [6.07, 6.45) is 1.61. The molecule has 0 fully saturated rings. The van der Waals surface area contributed by atoms with Crippen molar-refractivity contribution in [2.45, 2.75) is 26.7 Å². The molecule has 0 spiro atoms. The van der Waals surface area contributed by atoms with Crippen LogP contribution in [0.4, 0.5) is 0 Å². The number of nitrogens with zero attached hydrogens (tertiary/aromatic N) is 3. The van der Waals surface area contributed by atoms with Crippen molar-refractivity contribution in [3.8, 4) is 5.69 Å². The van der Waals surface area contributed by atoms with Crippen molar-refractivity contribution in [3.63, 3.8) is 0 Å². The summed E-state index contributed by atoms with van der Waals surface area (Å²) in [4.78, 5) is 14.9. The maximum Gasteiger partial charge on any atom is 0.375 e. The third-order valence-corrected chi connectivity index (χ3v) is 2.77. The van der Waals surface area contributed by atoms with Crippen LogP contribution in [0.5, 0.6) is 0 Å². The molecule has 0 saturated carbocycles. The van der Waals surface area contributed by atoms with Gasteiger partial charge in [0.15, 0.2) is 0 Å². The maximum absolute atomic E-state index is 10.9. The Hall–Kier alpha value is -2.17. The Labute approximate surface area is 105 Å². The van der Waals surface area contributed by atoms with E-state index in [4.69, 9.17) is 5.11 Å². The number of carboxylic acid groups (broad SMARTS) is 1. The molecule has 0 radical (unpaired) electrons. The molecule has 5 heteroatoms. The van der Waals surface area contributed by atoms with Crippen molar-refractivity contribution in [3.05, 3.63) is 41.5 Å². The molecule has 2 rings (SSSR count). The first kappa shape index (κ1) is 12.3. The molecular weight excluding hydrogens is 230 g/mol. The van der Waals surface area contributed by atoms with Gasteiger partial charge in [0, 0.05) is 6.42 Å². The summed E-state index contributed by atoms with van der Waals surface area (Å²) in [5.74, 6) is -0.614. The molecule has 2 aromatic rings. The number of rotatable bonds is 4. The molecule has 1 aromatic carbocycles. The minimum atomic E-state index is -1.10. The molecule has 18 heavy (non-hydrogen) atoms. The van der Waals surface area contributed by atoms with Crippen LogP contribution in [0.3, 0.4) is 0 Å². The highest BCUT2D eigenvalue weighted by molar-refractivity contribution is 5.83. The molecule has 0 aliphatic rings. The van der Waals surface area contributed by atoms with Crippen molar-refractivity contribution in [1.29, 1.82) is 0 Å². The number of benzene rings is 1. The number of hydrogen-bond acceptors (Lipinski definition) is 3. The predicted molar refractivity (Wildman–Crippen MR) is 67.1 cm³/mol. The standard InChI is InChI=1S/C13H15N3O2/c1-3-9-5-7-10(8-6-9)16-11(4-2)14-12(15-16)13(17)18/h5-8H,3-4H2,1-2H3,(H,17,18). The lowest BCUT2D eigenvalue weighted by atomic mass is 10.1. The lowest BCUT2D eigenvalue weighted by Crippen LogP contribution is -2.03. The fraction of sp³-hybridized carbons (Fsp3) is 0.308. The summed E-state index contributed by atoms with van der Waals surface area (Å²) in [7, 11) is 0. The molecule has 0 atom stereocenters. The molecule has 0 amide bonds. The van der Waals surface area contributed by atoms with Crippen molar-refractivity contribution in [2.24, 2.45) is 0 Å². The lowest BCUT2D eigenvalue weighted by molar-refractivity contribution is 0.0683. The zero-order valence-corrected chi connectivity index (χ0v) is 10.4. The van der Waals surface area contributed by atoms with Crippen molar-refractivity contribution >= 4 is 5.97 Å². The van der Waals surface area contributed by atoms with Crippen LogP contribution in [0.1, 0.15) is 35.9 Å². The van der Waals surface area contributed by atoms with Crippen LogP contribution in [0, 0.1) is 0 Å². The van der Waals surface area contributed by atoms with Gasteiger partial charge in [0.2, 0.25) is 0 Å².